The summed E-state index contributed by atoms with van der Waals surface area (Å²) < 4.78 is 7.51. The standard InChI is InChI=1S/C19H21N3O/c1-23-19-8-7-17(11-18(19)14-22-10-9-20-15-22)13-21-12-16-5-3-2-4-6-16/h2-11,15,21H,12-14H2,1H3. The van der Waals surface area contributed by atoms with Crippen molar-refractivity contribution >= 4 is 0 Å². The molecule has 4 heteroatoms. The van der Waals surface area contributed by atoms with E-state index >= 15 is 0 Å². The SMILES string of the molecule is COc1ccc(CNCc2ccccc2)cc1Cn1ccnc1. The summed E-state index contributed by atoms with van der Waals surface area (Å²) in [4.78, 5) is 4.09. The number of hydrogen-bond acceptors (Lipinski definition) is 3. The average Bonchev–Trinajstić information content (AvgIpc) is 3.09. The Labute approximate surface area is 136 Å². The number of nitrogens with zero attached hydrogens (tertiary/aromatic N) is 2. The first-order valence-corrected chi connectivity index (χ1v) is 7.71. The molecule has 1 N–H and O–H groups in total. The smallest absolute Gasteiger partial charge is 0.123 e. The Kier molecular flexibility index (Phi) is 5.06. The molecule has 3 aromatic rings. The van der Waals surface area contributed by atoms with Crippen molar-refractivity contribution in [1.29, 1.82) is 0 Å². The normalized spacial score (nSPS) is 10.7. The van der Waals surface area contributed by atoms with Crippen molar-refractivity contribution in [2.45, 2.75) is 19.6 Å². The van der Waals surface area contributed by atoms with Crippen LogP contribution in [0.5, 0.6) is 5.75 Å². The van der Waals surface area contributed by atoms with Gasteiger partial charge < -0.3 is 14.6 Å². The number of aromatic nitrogens is 2. The van der Waals surface area contributed by atoms with Gasteiger partial charge >= 0.3 is 0 Å². The molecule has 3 rings (SSSR count). The van der Waals surface area contributed by atoms with Crippen LogP contribution < -0.4 is 10.1 Å². The molecular formula is C19H21N3O. The molecule has 0 aliphatic carbocycles. The van der Waals surface area contributed by atoms with E-state index in [0.29, 0.717) is 0 Å². The summed E-state index contributed by atoms with van der Waals surface area (Å²) in [5.74, 6) is 0.908. The van der Waals surface area contributed by atoms with Crippen molar-refractivity contribution in [2.75, 3.05) is 7.11 Å². The molecule has 0 saturated heterocycles. The number of nitrogens with one attached hydrogen (secondary N) is 1. The van der Waals surface area contributed by atoms with Gasteiger partial charge in [0, 0.05) is 31.0 Å². The zero-order valence-corrected chi connectivity index (χ0v) is 13.3. The second-order valence-corrected chi connectivity index (χ2v) is 5.47. The lowest BCUT2D eigenvalue weighted by Crippen LogP contribution is -2.13. The summed E-state index contributed by atoms with van der Waals surface area (Å²) in [5.41, 5.74) is 3.70. The molecule has 1 heterocycles. The third-order valence-corrected chi connectivity index (χ3v) is 3.76. The van der Waals surface area contributed by atoms with Crippen molar-refractivity contribution in [3.63, 3.8) is 0 Å². The monoisotopic (exact) mass is 307 g/mol. The van der Waals surface area contributed by atoms with Gasteiger partial charge in [-0.15, -0.1) is 0 Å². The first kappa shape index (κ1) is 15.3. The fourth-order valence-corrected chi connectivity index (χ4v) is 2.59. The van der Waals surface area contributed by atoms with Gasteiger partial charge in [0.05, 0.1) is 20.0 Å². The molecule has 0 aliphatic heterocycles. The van der Waals surface area contributed by atoms with Crippen LogP contribution in [0.25, 0.3) is 0 Å². The second kappa shape index (κ2) is 7.61. The molecule has 23 heavy (non-hydrogen) atoms. The third kappa shape index (κ3) is 4.20. The molecule has 118 valence electrons. The Bertz CT molecular complexity index is 724. The molecule has 0 amide bonds. The van der Waals surface area contributed by atoms with Gasteiger partial charge in [0.1, 0.15) is 5.75 Å². The van der Waals surface area contributed by atoms with Gasteiger partial charge in [-0.3, -0.25) is 0 Å². The Balaban J connectivity index is 1.65. The van der Waals surface area contributed by atoms with Crippen molar-refractivity contribution < 1.29 is 4.74 Å². The van der Waals surface area contributed by atoms with E-state index in [9.17, 15) is 0 Å². The van der Waals surface area contributed by atoms with Gasteiger partial charge in [-0.1, -0.05) is 36.4 Å². The first-order chi connectivity index (χ1) is 11.3. The van der Waals surface area contributed by atoms with Crippen molar-refractivity contribution in [1.82, 2.24) is 14.9 Å². The van der Waals surface area contributed by atoms with Crippen LogP contribution >= 0.6 is 0 Å². The molecule has 0 saturated carbocycles. The fraction of sp³-hybridized carbons (Fsp3) is 0.211. The number of hydrogen-bond donors (Lipinski definition) is 1. The molecule has 0 spiro atoms. The molecule has 4 nitrogen and oxygen atoms in total. The van der Waals surface area contributed by atoms with Gasteiger partial charge in [0.2, 0.25) is 0 Å². The minimum Gasteiger partial charge on any atom is -0.496 e. The van der Waals surface area contributed by atoms with E-state index < -0.39 is 0 Å². The predicted molar refractivity (Wildman–Crippen MR) is 91.3 cm³/mol. The number of rotatable bonds is 7. The Morgan fingerprint density at radius 2 is 1.87 bits per heavy atom. The zero-order valence-electron chi connectivity index (χ0n) is 13.3. The molecule has 0 bridgehead atoms. The number of methoxy groups -OCH3 is 1. The lowest BCUT2D eigenvalue weighted by molar-refractivity contribution is 0.408. The Morgan fingerprint density at radius 3 is 2.61 bits per heavy atom. The second-order valence-electron chi connectivity index (χ2n) is 5.47. The molecule has 0 atom stereocenters. The summed E-state index contributed by atoms with van der Waals surface area (Å²) in [7, 11) is 1.71. The maximum absolute atomic E-state index is 5.47. The van der Waals surface area contributed by atoms with Gasteiger partial charge in [0.25, 0.3) is 0 Å². The van der Waals surface area contributed by atoms with Crippen LogP contribution in [0.1, 0.15) is 16.7 Å². The van der Waals surface area contributed by atoms with Gasteiger partial charge in [-0.05, 0) is 23.3 Å². The lowest BCUT2D eigenvalue weighted by Gasteiger charge is -2.12. The van der Waals surface area contributed by atoms with E-state index in [1.165, 1.54) is 11.1 Å². The number of benzene rings is 2. The van der Waals surface area contributed by atoms with Crippen LogP contribution in [0.4, 0.5) is 0 Å². The highest BCUT2D eigenvalue weighted by Gasteiger charge is 2.05. The van der Waals surface area contributed by atoms with E-state index in [1.807, 2.05) is 29.2 Å². The highest BCUT2D eigenvalue weighted by atomic mass is 16.5. The molecule has 0 fully saturated rings. The predicted octanol–water partition coefficient (Wildman–Crippen LogP) is 3.23. The number of ether oxygens (including phenoxy) is 1. The minimum atomic E-state index is 0.760. The Hall–Kier alpha value is -2.59. The zero-order chi connectivity index (χ0) is 15.9. The molecular weight excluding hydrogens is 286 g/mol. The van der Waals surface area contributed by atoms with Crippen LogP contribution in [-0.2, 0) is 19.6 Å². The highest BCUT2D eigenvalue weighted by Crippen LogP contribution is 2.21. The van der Waals surface area contributed by atoms with E-state index in [-0.39, 0.29) is 0 Å². The van der Waals surface area contributed by atoms with Gasteiger partial charge in [-0.25, -0.2) is 4.98 Å². The maximum Gasteiger partial charge on any atom is 0.123 e. The van der Waals surface area contributed by atoms with Crippen LogP contribution in [0.2, 0.25) is 0 Å². The van der Waals surface area contributed by atoms with Crippen molar-refractivity contribution in [3.8, 4) is 5.75 Å². The first-order valence-electron chi connectivity index (χ1n) is 7.71. The van der Waals surface area contributed by atoms with E-state index in [0.717, 1.165) is 30.9 Å². The summed E-state index contributed by atoms with van der Waals surface area (Å²) in [6.45, 7) is 2.45. The lowest BCUT2D eigenvalue weighted by atomic mass is 10.1. The highest BCUT2D eigenvalue weighted by molar-refractivity contribution is 5.37. The number of imidazole rings is 1. The van der Waals surface area contributed by atoms with Crippen molar-refractivity contribution in [2.24, 2.45) is 0 Å². The largest absolute Gasteiger partial charge is 0.496 e. The molecule has 0 unspecified atom stereocenters. The van der Waals surface area contributed by atoms with E-state index in [4.69, 9.17) is 4.74 Å². The molecule has 2 aromatic carbocycles. The van der Waals surface area contributed by atoms with E-state index in [2.05, 4.69) is 46.7 Å². The van der Waals surface area contributed by atoms with Gasteiger partial charge in [-0.2, -0.15) is 0 Å². The summed E-state index contributed by atoms with van der Waals surface area (Å²) in [5, 5.41) is 3.48. The van der Waals surface area contributed by atoms with Crippen LogP contribution in [0.15, 0.2) is 67.3 Å². The molecule has 0 radical (unpaired) electrons. The summed E-state index contributed by atoms with van der Waals surface area (Å²) in [6.07, 6.45) is 5.57. The average molecular weight is 307 g/mol. The topological polar surface area (TPSA) is 39.1 Å². The van der Waals surface area contributed by atoms with Crippen LogP contribution in [0, 0.1) is 0 Å². The molecule has 1 aromatic heterocycles. The summed E-state index contributed by atoms with van der Waals surface area (Å²) in [6, 6.07) is 16.8. The summed E-state index contributed by atoms with van der Waals surface area (Å²) >= 11 is 0. The minimum absolute atomic E-state index is 0.760. The Morgan fingerprint density at radius 1 is 1.04 bits per heavy atom. The third-order valence-electron chi connectivity index (χ3n) is 3.76. The maximum atomic E-state index is 5.47. The van der Waals surface area contributed by atoms with Gasteiger partial charge in [0.15, 0.2) is 0 Å². The quantitative estimate of drug-likeness (QED) is 0.728. The molecule has 0 aliphatic rings. The fourth-order valence-electron chi connectivity index (χ4n) is 2.59. The van der Waals surface area contributed by atoms with Crippen LogP contribution in [-0.4, -0.2) is 16.7 Å². The van der Waals surface area contributed by atoms with Crippen molar-refractivity contribution in [3.05, 3.63) is 83.9 Å². The van der Waals surface area contributed by atoms with E-state index in [1.54, 1.807) is 13.3 Å². The van der Waals surface area contributed by atoms with Crippen LogP contribution in [0.3, 0.4) is 0 Å².